The average molecular weight is 1410 g/mol. The molecule has 104 heavy (non-hydrogen) atoms. The van der Waals surface area contributed by atoms with Crippen LogP contribution in [0.1, 0.15) is 309 Å². The number of hydrogen-bond donors (Lipinski definition) is 0. The summed E-state index contributed by atoms with van der Waals surface area (Å²) in [4.78, 5) is 0. The number of ether oxygens (including phenoxy) is 2. The van der Waals surface area contributed by atoms with Crippen molar-refractivity contribution in [3.8, 4) is 59.2 Å². The Balaban J connectivity index is -0.000000115. The Hall–Kier alpha value is -8.52. The summed E-state index contributed by atoms with van der Waals surface area (Å²) in [5.41, 5.74) is 11.3. The molecule has 576 valence electrons. The van der Waals surface area contributed by atoms with Gasteiger partial charge in [-0.05, 0) is 159 Å². The lowest BCUT2D eigenvalue weighted by atomic mass is 10.0. The first-order valence-electron chi connectivity index (χ1n) is 35.6. The van der Waals surface area contributed by atoms with Gasteiger partial charge in [-0.3, -0.25) is 0 Å². The molecule has 8 aromatic carbocycles. The fourth-order valence-electron chi connectivity index (χ4n) is 7.40. The van der Waals surface area contributed by atoms with Gasteiger partial charge in [-0.2, -0.15) is 0 Å². The van der Waals surface area contributed by atoms with Crippen molar-refractivity contribution in [2.75, 3.05) is 20.8 Å². The molecule has 0 amide bonds. The molecule has 0 saturated carbocycles. The molecule has 0 unspecified atom stereocenters. The molecule has 0 atom stereocenters. The Morgan fingerprint density at radius 1 is 0.231 bits per heavy atom. The summed E-state index contributed by atoms with van der Waals surface area (Å²) < 4.78 is 9.36. The molecule has 0 aliphatic heterocycles. The third-order valence-corrected chi connectivity index (χ3v) is 13.4. The standard InChI is InChI=1S/8C9H12.C7H12O.C6H10.C6H6.C4H6.C2H6O.5CH4/c8*1-8(2)9-6-4-3-5-7-9;1-4-5-6-8-7(2)3;1-4-5-6(2)3;1-3-5-6-4-2;1-3-4-2;1-3-2;;;;;/h8*3-8H,1-2H3;7H,6H2,1-3H3;6H,1-3H3;1-2H3;1-2H3;1-2H3;5*1H4. The Bertz CT molecular complexity index is 2720. The Morgan fingerprint density at radius 2 is 0.385 bits per heavy atom. The van der Waals surface area contributed by atoms with E-state index in [0.717, 1.165) is 0 Å². The lowest BCUT2D eigenvalue weighted by molar-refractivity contribution is 0.107. The van der Waals surface area contributed by atoms with Crippen molar-refractivity contribution < 1.29 is 9.47 Å². The minimum absolute atomic E-state index is 0. The molecule has 2 nitrogen and oxygen atoms in total. The molecule has 0 aromatic heterocycles. The van der Waals surface area contributed by atoms with E-state index in [9.17, 15) is 0 Å². The van der Waals surface area contributed by atoms with Crippen LogP contribution in [0, 0.1) is 65.1 Å². The summed E-state index contributed by atoms with van der Waals surface area (Å²) in [5.74, 6) is 33.0. The maximum atomic E-state index is 5.11. The highest BCUT2D eigenvalue weighted by Crippen LogP contribution is 2.17. The highest BCUT2D eigenvalue weighted by molar-refractivity contribution is 5.25. The Labute approximate surface area is 649 Å². The minimum atomic E-state index is 0. The molecule has 0 spiro atoms. The van der Waals surface area contributed by atoms with Crippen LogP contribution in [-0.4, -0.2) is 26.9 Å². The summed E-state index contributed by atoms with van der Waals surface area (Å²) in [6.45, 7) is 54.8. The van der Waals surface area contributed by atoms with E-state index in [1.807, 2.05) is 90.1 Å². The topological polar surface area (TPSA) is 18.5 Å². The SMILES string of the molecule is C.C.C.C.C.CC#CC.CC#CC#CC.CC#CC(C)C.CC#CCOC(C)C.CC(C)c1ccccc1.CC(C)c1ccccc1.CC(C)c1ccccc1.CC(C)c1ccccc1.CC(C)c1ccccc1.CC(C)c1ccccc1.CC(C)c1ccccc1.CC(C)c1ccccc1.COC. The quantitative estimate of drug-likeness (QED) is 0.127. The fourth-order valence-corrected chi connectivity index (χ4v) is 7.40. The molecule has 0 aliphatic carbocycles. The van der Waals surface area contributed by atoms with Crippen molar-refractivity contribution in [1.82, 2.24) is 0 Å². The van der Waals surface area contributed by atoms with Gasteiger partial charge in [0.05, 0.1) is 6.10 Å². The van der Waals surface area contributed by atoms with Gasteiger partial charge in [-0.25, -0.2) is 0 Å². The molecular formula is C102H156O2. The van der Waals surface area contributed by atoms with Gasteiger partial charge in [-0.15, -0.1) is 29.6 Å². The second kappa shape index (κ2) is 85.1. The van der Waals surface area contributed by atoms with Crippen LogP contribution < -0.4 is 0 Å². The molecular weight excluding hydrogens is 1260 g/mol. The van der Waals surface area contributed by atoms with Crippen molar-refractivity contribution in [2.24, 2.45) is 5.92 Å². The van der Waals surface area contributed by atoms with Crippen molar-refractivity contribution in [1.29, 1.82) is 0 Å². The van der Waals surface area contributed by atoms with Crippen LogP contribution in [0.2, 0.25) is 0 Å². The van der Waals surface area contributed by atoms with Crippen molar-refractivity contribution >= 4 is 0 Å². The van der Waals surface area contributed by atoms with E-state index in [1.54, 1.807) is 28.1 Å². The Morgan fingerprint density at radius 3 is 0.452 bits per heavy atom. The zero-order valence-electron chi connectivity index (χ0n) is 67.4. The number of methoxy groups -OCH3 is 1. The van der Waals surface area contributed by atoms with Gasteiger partial charge < -0.3 is 9.47 Å². The second-order valence-electron chi connectivity index (χ2n) is 25.5. The Kier molecular flexibility index (Phi) is 95.5. The molecule has 0 fully saturated rings. The van der Waals surface area contributed by atoms with E-state index >= 15 is 0 Å². The summed E-state index contributed by atoms with van der Waals surface area (Å²) in [6.07, 6.45) is 0.302. The lowest BCUT2D eigenvalue weighted by Gasteiger charge is -2.01. The van der Waals surface area contributed by atoms with Gasteiger partial charge in [0.1, 0.15) is 6.61 Å². The second-order valence-corrected chi connectivity index (χ2v) is 25.5. The normalized spacial score (nSPS) is 8.60. The summed E-state index contributed by atoms with van der Waals surface area (Å²) >= 11 is 0. The molecule has 0 heterocycles. The zero-order chi connectivity index (χ0) is 75.9. The van der Waals surface area contributed by atoms with Gasteiger partial charge in [0.2, 0.25) is 0 Å². The average Bonchev–Trinajstić information content (AvgIpc) is 1.13. The van der Waals surface area contributed by atoms with Crippen LogP contribution >= 0.6 is 0 Å². The third kappa shape index (κ3) is 80.8. The van der Waals surface area contributed by atoms with Crippen molar-refractivity contribution in [3.63, 3.8) is 0 Å². The molecule has 0 aliphatic rings. The lowest BCUT2D eigenvalue weighted by Crippen LogP contribution is -2.01. The first-order valence-corrected chi connectivity index (χ1v) is 35.6. The highest BCUT2D eigenvalue weighted by atomic mass is 16.5. The molecule has 0 N–H and O–H groups in total. The van der Waals surface area contributed by atoms with E-state index in [1.165, 1.54) is 44.5 Å². The van der Waals surface area contributed by atoms with E-state index in [0.29, 0.717) is 66.0 Å². The molecule has 0 radical (unpaired) electrons. The molecule has 2 heteroatoms. The minimum Gasteiger partial charge on any atom is -0.388 e. The molecule has 0 bridgehead atoms. The van der Waals surface area contributed by atoms with Gasteiger partial charge in [0, 0.05) is 20.1 Å². The predicted octanol–water partition coefficient (Wildman–Crippen LogP) is 31.1. The van der Waals surface area contributed by atoms with Crippen molar-refractivity contribution in [3.05, 3.63) is 287 Å². The van der Waals surface area contributed by atoms with E-state index in [2.05, 4.69) is 383 Å². The smallest absolute Gasteiger partial charge is 0.108 e. The number of rotatable bonds is 10. The van der Waals surface area contributed by atoms with Gasteiger partial charge in [0.25, 0.3) is 0 Å². The van der Waals surface area contributed by atoms with Crippen LogP contribution in [0.3, 0.4) is 0 Å². The molecule has 8 rings (SSSR count). The van der Waals surface area contributed by atoms with Crippen molar-refractivity contribution in [2.45, 2.75) is 271 Å². The largest absolute Gasteiger partial charge is 0.388 e. The number of benzene rings is 8. The van der Waals surface area contributed by atoms with E-state index in [-0.39, 0.29) is 37.1 Å². The maximum Gasteiger partial charge on any atom is 0.108 e. The monoisotopic (exact) mass is 1410 g/mol. The van der Waals surface area contributed by atoms with E-state index < -0.39 is 0 Å². The van der Waals surface area contributed by atoms with Gasteiger partial charge >= 0.3 is 0 Å². The fraction of sp³-hybridized carbons (Fsp3) is 0.431. The molecule has 8 aromatic rings. The van der Waals surface area contributed by atoms with E-state index in [4.69, 9.17) is 4.74 Å². The van der Waals surface area contributed by atoms with Crippen LogP contribution in [0.25, 0.3) is 0 Å². The maximum absolute atomic E-state index is 5.11. The van der Waals surface area contributed by atoms with Crippen LogP contribution in [0.4, 0.5) is 0 Å². The highest BCUT2D eigenvalue weighted by Gasteiger charge is 1.99. The predicted molar refractivity (Wildman–Crippen MR) is 480 cm³/mol. The van der Waals surface area contributed by atoms with Crippen LogP contribution in [0.15, 0.2) is 243 Å². The van der Waals surface area contributed by atoms with Gasteiger partial charge in [0.15, 0.2) is 0 Å². The summed E-state index contributed by atoms with van der Waals surface area (Å²) in [5, 5.41) is 0. The molecule has 0 saturated heterocycles. The summed E-state index contributed by atoms with van der Waals surface area (Å²) in [7, 11) is 3.25. The third-order valence-electron chi connectivity index (χ3n) is 13.4. The van der Waals surface area contributed by atoms with Crippen LogP contribution in [-0.2, 0) is 9.47 Å². The first-order chi connectivity index (χ1) is 47.2. The van der Waals surface area contributed by atoms with Gasteiger partial charge in [-0.1, -0.05) is 422 Å². The van der Waals surface area contributed by atoms with Crippen LogP contribution in [0.5, 0.6) is 0 Å². The number of hydrogen-bond acceptors (Lipinski definition) is 2. The summed E-state index contributed by atoms with van der Waals surface area (Å²) in [6, 6.07) is 84.2. The first kappa shape index (κ1) is 117. The zero-order valence-corrected chi connectivity index (χ0v) is 67.4.